The lowest BCUT2D eigenvalue weighted by molar-refractivity contribution is 0.487. The van der Waals surface area contributed by atoms with Crippen LogP contribution in [0.4, 0.5) is 0 Å². The molecule has 0 amide bonds. The Morgan fingerprint density at radius 2 is 1.94 bits per heavy atom. The van der Waals surface area contributed by atoms with Gasteiger partial charge in [-0.2, -0.15) is 0 Å². The summed E-state index contributed by atoms with van der Waals surface area (Å²) in [6.07, 6.45) is 9.19. The average molecular weight is 284 g/mol. The highest BCUT2D eigenvalue weighted by atomic mass is 35.5. The predicted molar refractivity (Wildman–Crippen MR) is 80.2 cm³/mol. The van der Waals surface area contributed by atoms with Crippen molar-refractivity contribution in [2.75, 3.05) is 6.54 Å². The largest absolute Gasteiger partial charge is 0.310 e. The fraction of sp³-hybridized carbons (Fsp3) is 0.467. The summed E-state index contributed by atoms with van der Waals surface area (Å²) in [5, 5.41) is 4.87. The second-order valence-corrected chi connectivity index (χ2v) is 5.18. The van der Waals surface area contributed by atoms with Crippen molar-refractivity contribution in [2.24, 2.45) is 0 Å². The van der Waals surface area contributed by atoms with Crippen LogP contribution in [-0.4, -0.2) is 6.54 Å². The lowest BCUT2D eigenvalue weighted by Gasteiger charge is -2.19. The Balaban J connectivity index is 2.76. The minimum absolute atomic E-state index is 0.273. The van der Waals surface area contributed by atoms with Gasteiger partial charge in [-0.15, -0.1) is 12.3 Å². The van der Waals surface area contributed by atoms with Crippen molar-refractivity contribution in [1.82, 2.24) is 5.32 Å². The molecule has 3 heteroatoms. The van der Waals surface area contributed by atoms with Gasteiger partial charge in [0.25, 0.3) is 0 Å². The summed E-state index contributed by atoms with van der Waals surface area (Å²) in [7, 11) is 0. The highest BCUT2D eigenvalue weighted by Crippen LogP contribution is 2.26. The Morgan fingerprint density at radius 1 is 1.28 bits per heavy atom. The molecule has 0 heterocycles. The number of halogens is 2. The third kappa shape index (κ3) is 5.31. The molecule has 0 bridgehead atoms. The number of unbranched alkanes of at least 4 members (excludes halogenated alkanes) is 1. The van der Waals surface area contributed by atoms with Crippen molar-refractivity contribution in [3.05, 3.63) is 33.8 Å². The van der Waals surface area contributed by atoms with Crippen molar-refractivity contribution >= 4 is 23.2 Å². The van der Waals surface area contributed by atoms with Gasteiger partial charge < -0.3 is 5.32 Å². The van der Waals surface area contributed by atoms with E-state index >= 15 is 0 Å². The molecule has 0 aliphatic rings. The van der Waals surface area contributed by atoms with Crippen molar-refractivity contribution in [3.63, 3.8) is 0 Å². The maximum absolute atomic E-state index is 6.04. The normalized spacial score (nSPS) is 12.1. The van der Waals surface area contributed by atoms with Gasteiger partial charge in [-0.05, 0) is 49.6 Å². The molecule has 0 spiro atoms. The number of nitrogens with one attached hydrogen (secondary N) is 1. The summed E-state index contributed by atoms with van der Waals surface area (Å²) in [4.78, 5) is 0. The molecule has 98 valence electrons. The molecule has 0 saturated carbocycles. The molecule has 0 aromatic heterocycles. The van der Waals surface area contributed by atoms with Crippen LogP contribution in [0.5, 0.6) is 0 Å². The molecular formula is C15H19Cl2N. The third-order valence-corrected chi connectivity index (χ3v) is 3.18. The van der Waals surface area contributed by atoms with Crippen LogP contribution in [0.3, 0.4) is 0 Å². The predicted octanol–water partition coefficient (Wildman–Crippen LogP) is 4.84. The van der Waals surface area contributed by atoms with Crippen molar-refractivity contribution in [3.8, 4) is 12.3 Å². The van der Waals surface area contributed by atoms with Gasteiger partial charge in [0.1, 0.15) is 0 Å². The molecule has 1 aromatic rings. The molecule has 18 heavy (non-hydrogen) atoms. The highest BCUT2D eigenvalue weighted by molar-refractivity contribution is 6.34. The number of benzene rings is 1. The molecule has 1 unspecified atom stereocenters. The Labute approximate surface area is 120 Å². The van der Waals surface area contributed by atoms with Crippen LogP contribution >= 0.6 is 23.2 Å². The van der Waals surface area contributed by atoms with Crippen molar-refractivity contribution in [2.45, 2.75) is 38.6 Å². The molecule has 0 aliphatic carbocycles. The first-order valence-electron chi connectivity index (χ1n) is 6.30. The maximum atomic E-state index is 6.04. The van der Waals surface area contributed by atoms with Gasteiger partial charge in [-0.1, -0.05) is 30.1 Å². The van der Waals surface area contributed by atoms with Crippen LogP contribution in [0.1, 0.15) is 44.2 Å². The van der Waals surface area contributed by atoms with E-state index in [9.17, 15) is 0 Å². The minimum Gasteiger partial charge on any atom is -0.310 e. The van der Waals surface area contributed by atoms with E-state index in [4.69, 9.17) is 29.6 Å². The zero-order chi connectivity index (χ0) is 13.4. The van der Waals surface area contributed by atoms with E-state index in [2.05, 4.69) is 18.2 Å². The summed E-state index contributed by atoms with van der Waals surface area (Å²) in [5.41, 5.74) is 1.14. The molecule has 1 nitrogen and oxygen atoms in total. The summed E-state index contributed by atoms with van der Waals surface area (Å²) < 4.78 is 0. The second kappa shape index (κ2) is 8.43. The third-order valence-electron chi connectivity index (χ3n) is 2.74. The van der Waals surface area contributed by atoms with Gasteiger partial charge in [-0.3, -0.25) is 0 Å². The average Bonchev–Trinajstić information content (AvgIpc) is 2.32. The van der Waals surface area contributed by atoms with E-state index in [1.165, 1.54) is 0 Å². The summed E-state index contributed by atoms with van der Waals surface area (Å²) in [5.74, 6) is 2.67. The SMILES string of the molecule is C#CCCCC(NCCC)c1cc(Cl)cc(Cl)c1. The smallest absolute Gasteiger partial charge is 0.0424 e. The Morgan fingerprint density at radius 3 is 2.50 bits per heavy atom. The molecule has 0 radical (unpaired) electrons. The number of rotatable bonds is 7. The van der Waals surface area contributed by atoms with E-state index < -0.39 is 0 Å². The zero-order valence-corrected chi connectivity index (χ0v) is 12.2. The van der Waals surface area contributed by atoms with Gasteiger partial charge >= 0.3 is 0 Å². The molecule has 0 saturated heterocycles. The standard InChI is InChI=1S/C15H19Cl2N/c1-3-5-6-7-15(18-8-4-2)12-9-13(16)11-14(17)10-12/h1,9-11,15,18H,4-8H2,2H3. The Hall–Kier alpha value is -0.680. The summed E-state index contributed by atoms with van der Waals surface area (Å²) >= 11 is 12.1. The van der Waals surface area contributed by atoms with E-state index in [0.717, 1.165) is 37.8 Å². The number of hydrogen-bond acceptors (Lipinski definition) is 1. The highest BCUT2D eigenvalue weighted by Gasteiger charge is 2.11. The van der Waals surface area contributed by atoms with Gasteiger partial charge in [0.15, 0.2) is 0 Å². The molecule has 0 fully saturated rings. The fourth-order valence-electron chi connectivity index (χ4n) is 1.89. The molecule has 1 N–H and O–H groups in total. The van der Waals surface area contributed by atoms with Crippen LogP contribution < -0.4 is 5.32 Å². The van der Waals surface area contributed by atoms with Gasteiger partial charge in [0.2, 0.25) is 0 Å². The number of terminal acetylenes is 1. The molecular weight excluding hydrogens is 265 g/mol. The second-order valence-electron chi connectivity index (χ2n) is 4.31. The van der Waals surface area contributed by atoms with Crippen molar-refractivity contribution < 1.29 is 0 Å². The van der Waals surface area contributed by atoms with E-state index in [0.29, 0.717) is 10.0 Å². The van der Waals surface area contributed by atoms with Crippen LogP contribution in [0, 0.1) is 12.3 Å². The zero-order valence-electron chi connectivity index (χ0n) is 10.7. The minimum atomic E-state index is 0.273. The summed E-state index contributed by atoms with van der Waals surface area (Å²) in [6.45, 7) is 3.13. The van der Waals surface area contributed by atoms with Gasteiger partial charge in [0, 0.05) is 22.5 Å². The molecule has 1 rings (SSSR count). The molecule has 1 aromatic carbocycles. The Kier molecular flexibility index (Phi) is 7.20. The van der Waals surface area contributed by atoms with Crippen LogP contribution in [0.2, 0.25) is 10.0 Å². The fourth-order valence-corrected chi connectivity index (χ4v) is 2.43. The maximum Gasteiger partial charge on any atom is 0.0424 e. The topological polar surface area (TPSA) is 12.0 Å². The first kappa shape index (κ1) is 15.4. The van der Waals surface area contributed by atoms with E-state index in [1.807, 2.05) is 12.1 Å². The van der Waals surface area contributed by atoms with E-state index in [-0.39, 0.29) is 6.04 Å². The lowest BCUT2D eigenvalue weighted by atomic mass is 10.0. The molecule has 1 atom stereocenters. The van der Waals surface area contributed by atoms with Crippen LogP contribution in [0.25, 0.3) is 0 Å². The lowest BCUT2D eigenvalue weighted by Crippen LogP contribution is -2.22. The number of hydrogen-bond donors (Lipinski definition) is 1. The molecule has 0 aliphatic heterocycles. The van der Waals surface area contributed by atoms with Crippen molar-refractivity contribution in [1.29, 1.82) is 0 Å². The first-order chi connectivity index (χ1) is 8.67. The van der Waals surface area contributed by atoms with Gasteiger partial charge in [-0.25, -0.2) is 0 Å². The first-order valence-corrected chi connectivity index (χ1v) is 7.05. The van der Waals surface area contributed by atoms with Gasteiger partial charge in [0.05, 0.1) is 0 Å². The summed E-state index contributed by atoms with van der Waals surface area (Å²) in [6, 6.07) is 5.97. The monoisotopic (exact) mass is 283 g/mol. The Bertz CT molecular complexity index is 389. The van der Waals surface area contributed by atoms with Crippen LogP contribution in [-0.2, 0) is 0 Å². The van der Waals surface area contributed by atoms with Crippen LogP contribution in [0.15, 0.2) is 18.2 Å². The quantitative estimate of drug-likeness (QED) is 0.558. The van der Waals surface area contributed by atoms with E-state index in [1.54, 1.807) is 6.07 Å².